The van der Waals surface area contributed by atoms with E-state index in [0.29, 0.717) is 6.07 Å². The Balaban J connectivity index is 2.34. The predicted octanol–water partition coefficient (Wildman–Crippen LogP) is 0.638. The van der Waals surface area contributed by atoms with Crippen LogP contribution in [-0.2, 0) is 14.3 Å². The number of carbonyl (C=O) groups excluding carboxylic acids is 2. The number of hydrogen-bond donors (Lipinski definition) is 2. The van der Waals surface area contributed by atoms with Crippen molar-refractivity contribution in [3.05, 3.63) is 41.1 Å². The first-order chi connectivity index (χ1) is 10.5. The fourth-order valence-electron chi connectivity index (χ4n) is 2.12. The van der Waals surface area contributed by atoms with Crippen molar-refractivity contribution in [1.29, 1.82) is 0 Å². The average molecular weight is 312 g/mol. The molecule has 0 unspecified atom stereocenters. The number of nitrogens with one attached hydrogen (secondary N) is 1. The molecule has 8 heteroatoms. The highest BCUT2D eigenvalue weighted by Gasteiger charge is 2.34. The Morgan fingerprint density at radius 2 is 2.00 bits per heavy atom. The first kappa shape index (κ1) is 15.9. The highest BCUT2D eigenvalue weighted by Crippen LogP contribution is 2.23. The third-order valence-electron chi connectivity index (χ3n) is 3.09. The molecule has 1 heterocycles. The second-order valence-electron chi connectivity index (χ2n) is 4.58. The number of halogens is 2. The zero-order chi connectivity index (χ0) is 16.3. The largest absolute Gasteiger partial charge is 0.466 e. The molecule has 1 amide bonds. The minimum atomic E-state index is -0.819. The smallest absolute Gasteiger partial charge is 0.337 e. The molecule has 2 rings (SSSR count). The van der Waals surface area contributed by atoms with Gasteiger partial charge in [-0.1, -0.05) is 0 Å². The monoisotopic (exact) mass is 312 g/mol. The fourth-order valence-corrected chi connectivity index (χ4v) is 2.12. The molecule has 1 aromatic rings. The van der Waals surface area contributed by atoms with Crippen LogP contribution in [0.5, 0.6) is 0 Å². The molecule has 0 saturated carbocycles. The number of benzene rings is 1. The van der Waals surface area contributed by atoms with E-state index in [1.807, 2.05) is 0 Å². The number of hydrogen-bond acceptors (Lipinski definition) is 5. The second-order valence-corrected chi connectivity index (χ2v) is 4.58. The van der Waals surface area contributed by atoms with E-state index in [-0.39, 0.29) is 36.7 Å². The van der Waals surface area contributed by atoms with Crippen molar-refractivity contribution in [2.24, 2.45) is 0 Å². The summed E-state index contributed by atoms with van der Waals surface area (Å²) in [6, 6.07) is 2.68. The lowest BCUT2D eigenvalue weighted by molar-refractivity contribution is -0.136. The third kappa shape index (κ3) is 3.22. The molecule has 0 bridgehead atoms. The van der Waals surface area contributed by atoms with Crippen LogP contribution in [0, 0.1) is 11.6 Å². The van der Waals surface area contributed by atoms with Crippen molar-refractivity contribution < 1.29 is 28.2 Å². The first-order valence-electron chi connectivity index (χ1n) is 6.41. The van der Waals surface area contributed by atoms with Gasteiger partial charge in [0, 0.05) is 18.3 Å². The van der Waals surface area contributed by atoms with E-state index in [0.717, 1.165) is 19.2 Å². The molecule has 0 fully saturated rings. The normalized spacial score (nSPS) is 14.5. The molecule has 0 radical (unpaired) electrons. The number of nitrogens with zero attached hydrogens (tertiary/aromatic N) is 1. The molecule has 1 aromatic carbocycles. The highest BCUT2D eigenvalue weighted by atomic mass is 19.1. The topological polar surface area (TPSA) is 78.9 Å². The quantitative estimate of drug-likeness (QED) is 0.780. The van der Waals surface area contributed by atoms with E-state index in [1.54, 1.807) is 0 Å². The number of ether oxygens (including phenoxy) is 1. The van der Waals surface area contributed by atoms with Crippen LogP contribution in [-0.4, -0.2) is 48.7 Å². The minimum Gasteiger partial charge on any atom is -0.466 e. The number of methoxy groups -OCH3 is 1. The van der Waals surface area contributed by atoms with Crippen LogP contribution in [0.3, 0.4) is 0 Å². The van der Waals surface area contributed by atoms with Crippen LogP contribution in [0.2, 0.25) is 0 Å². The van der Waals surface area contributed by atoms with Gasteiger partial charge in [0.25, 0.3) is 5.91 Å². The Bertz CT molecular complexity index is 625. The Morgan fingerprint density at radius 3 is 2.55 bits per heavy atom. The Labute approximate surface area is 125 Å². The molecule has 0 atom stereocenters. The summed E-state index contributed by atoms with van der Waals surface area (Å²) in [5, 5.41) is 11.5. The SMILES string of the molecule is COC(=O)C1=C(Nc2cc(F)cc(F)c2)C(=O)N(CCO)C1. The van der Waals surface area contributed by atoms with Crippen LogP contribution in [0.4, 0.5) is 14.5 Å². The molecule has 0 saturated heterocycles. The van der Waals surface area contributed by atoms with Gasteiger partial charge in [-0.15, -0.1) is 0 Å². The molecule has 118 valence electrons. The molecular weight excluding hydrogens is 298 g/mol. The van der Waals surface area contributed by atoms with Gasteiger partial charge in [-0.2, -0.15) is 0 Å². The zero-order valence-corrected chi connectivity index (χ0v) is 11.7. The van der Waals surface area contributed by atoms with Crippen molar-refractivity contribution in [1.82, 2.24) is 4.90 Å². The Hall–Kier alpha value is -2.48. The summed E-state index contributed by atoms with van der Waals surface area (Å²) in [4.78, 5) is 25.2. The van der Waals surface area contributed by atoms with Crippen LogP contribution in [0.1, 0.15) is 0 Å². The van der Waals surface area contributed by atoms with Gasteiger partial charge < -0.3 is 20.1 Å². The van der Waals surface area contributed by atoms with E-state index in [9.17, 15) is 18.4 Å². The van der Waals surface area contributed by atoms with Crippen LogP contribution >= 0.6 is 0 Å². The number of β-amino-alcohol motifs (C(OH)–C–C–N with tert-alkyl or cyclic N) is 1. The molecule has 1 aliphatic heterocycles. The van der Waals surface area contributed by atoms with Crippen molar-refractivity contribution in [2.75, 3.05) is 32.1 Å². The van der Waals surface area contributed by atoms with Crippen molar-refractivity contribution in [3.8, 4) is 0 Å². The summed E-state index contributed by atoms with van der Waals surface area (Å²) in [5.74, 6) is -2.92. The minimum absolute atomic E-state index is 0.00639. The Morgan fingerprint density at radius 1 is 1.36 bits per heavy atom. The van der Waals surface area contributed by atoms with Gasteiger partial charge in [0.1, 0.15) is 17.3 Å². The van der Waals surface area contributed by atoms with Crippen LogP contribution < -0.4 is 5.32 Å². The number of aliphatic hydroxyl groups is 1. The summed E-state index contributed by atoms with van der Waals surface area (Å²) in [7, 11) is 1.16. The van der Waals surface area contributed by atoms with E-state index in [1.165, 1.54) is 4.90 Å². The van der Waals surface area contributed by atoms with Crippen LogP contribution in [0.25, 0.3) is 0 Å². The van der Waals surface area contributed by atoms with Gasteiger partial charge >= 0.3 is 5.97 Å². The number of amides is 1. The zero-order valence-electron chi connectivity index (χ0n) is 11.7. The van der Waals surface area contributed by atoms with Crippen LogP contribution in [0.15, 0.2) is 29.5 Å². The second kappa shape index (κ2) is 6.52. The van der Waals surface area contributed by atoms with Crippen molar-refractivity contribution in [2.45, 2.75) is 0 Å². The maximum Gasteiger partial charge on any atom is 0.337 e. The van der Waals surface area contributed by atoms with E-state index in [2.05, 4.69) is 10.1 Å². The van der Waals surface area contributed by atoms with Gasteiger partial charge in [-0.25, -0.2) is 13.6 Å². The molecule has 0 spiro atoms. The van der Waals surface area contributed by atoms with Gasteiger partial charge in [-0.3, -0.25) is 4.79 Å². The number of esters is 1. The molecule has 0 aromatic heterocycles. The number of aliphatic hydroxyl groups excluding tert-OH is 1. The average Bonchev–Trinajstić information content (AvgIpc) is 2.75. The van der Waals surface area contributed by atoms with Crippen molar-refractivity contribution >= 4 is 17.6 Å². The first-order valence-corrected chi connectivity index (χ1v) is 6.41. The molecule has 1 aliphatic rings. The van der Waals surface area contributed by atoms with Crippen molar-refractivity contribution in [3.63, 3.8) is 0 Å². The summed E-state index contributed by atoms with van der Waals surface area (Å²) in [6.45, 7) is -0.295. The van der Waals surface area contributed by atoms with E-state index in [4.69, 9.17) is 5.11 Å². The predicted molar refractivity (Wildman–Crippen MR) is 72.7 cm³/mol. The van der Waals surface area contributed by atoms with E-state index < -0.39 is 23.5 Å². The maximum absolute atomic E-state index is 13.2. The fraction of sp³-hybridized carbons (Fsp3) is 0.286. The summed E-state index contributed by atoms with van der Waals surface area (Å²) < 4.78 is 31.0. The molecule has 2 N–H and O–H groups in total. The van der Waals surface area contributed by atoms with Gasteiger partial charge in [-0.05, 0) is 12.1 Å². The number of rotatable bonds is 5. The third-order valence-corrected chi connectivity index (χ3v) is 3.09. The lowest BCUT2D eigenvalue weighted by atomic mass is 10.2. The standard InChI is InChI=1S/C14H14F2N2O4/c1-22-14(21)11-7-18(2-3-19)13(20)12(11)17-10-5-8(15)4-9(16)6-10/h4-6,17,19H,2-3,7H2,1H3. The summed E-state index contributed by atoms with van der Waals surface area (Å²) >= 11 is 0. The van der Waals surface area contributed by atoms with Gasteiger partial charge in [0.2, 0.25) is 0 Å². The molecule has 6 nitrogen and oxygen atoms in total. The van der Waals surface area contributed by atoms with E-state index >= 15 is 0 Å². The highest BCUT2D eigenvalue weighted by molar-refractivity contribution is 6.08. The van der Waals surface area contributed by atoms with Gasteiger partial charge in [0.15, 0.2) is 0 Å². The molecule has 0 aliphatic carbocycles. The Kier molecular flexibility index (Phi) is 4.71. The number of anilines is 1. The summed E-state index contributed by atoms with van der Waals surface area (Å²) in [6.07, 6.45) is 0. The molecular formula is C14H14F2N2O4. The number of carbonyl (C=O) groups is 2. The lowest BCUT2D eigenvalue weighted by Gasteiger charge is -2.15. The molecule has 22 heavy (non-hydrogen) atoms. The van der Waals surface area contributed by atoms with Gasteiger partial charge in [0.05, 0.1) is 25.8 Å². The summed E-state index contributed by atoms with van der Waals surface area (Å²) in [5.41, 5.74) is -0.0935. The maximum atomic E-state index is 13.2. The lowest BCUT2D eigenvalue weighted by Crippen LogP contribution is -2.31.